The molecule has 0 aromatic carbocycles. The van der Waals surface area contributed by atoms with Gasteiger partial charge < -0.3 is 5.11 Å². The molecule has 0 atom stereocenters. The van der Waals surface area contributed by atoms with Crippen LogP contribution in [0.2, 0.25) is 0 Å². The van der Waals surface area contributed by atoms with Gasteiger partial charge in [0.1, 0.15) is 10.3 Å². The molecule has 0 aliphatic carbocycles. The van der Waals surface area contributed by atoms with E-state index in [9.17, 15) is 9.59 Å². The minimum Gasteiger partial charge on any atom is -0.478 e. The van der Waals surface area contributed by atoms with Crippen molar-refractivity contribution in [2.75, 3.05) is 0 Å². The molecule has 3 heterocycles. The van der Waals surface area contributed by atoms with Crippen molar-refractivity contribution >= 4 is 27.5 Å². The maximum atomic E-state index is 11.8. The van der Waals surface area contributed by atoms with Gasteiger partial charge in [-0.2, -0.15) is 5.10 Å². The van der Waals surface area contributed by atoms with E-state index in [1.807, 2.05) is 13.8 Å². The number of aromatic amines is 1. The zero-order valence-corrected chi connectivity index (χ0v) is 12.6. The van der Waals surface area contributed by atoms with E-state index in [4.69, 9.17) is 5.11 Å². The summed E-state index contributed by atoms with van der Waals surface area (Å²) in [5.41, 5.74) is 0.788. The average molecular weight is 306 g/mol. The highest BCUT2D eigenvalue weighted by Crippen LogP contribution is 2.16. The lowest BCUT2D eigenvalue weighted by Crippen LogP contribution is -2.14. The third-order valence-electron chi connectivity index (χ3n) is 2.74. The number of aromatic carboxylic acids is 1. The van der Waals surface area contributed by atoms with Crippen LogP contribution in [0.15, 0.2) is 22.4 Å². The van der Waals surface area contributed by atoms with Crippen LogP contribution in [0.25, 0.3) is 16.2 Å². The van der Waals surface area contributed by atoms with Crippen LogP contribution in [0, 0.1) is 6.92 Å². The zero-order valence-electron chi connectivity index (χ0n) is 11.7. The number of carboxylic acid groups (broad SMARTS) is 1. The van der Waals surface area contributed by atoms with Crippen molar-refractivity contribution in [2.45, 2.75) is 20.8 Å². The first-order chi connectivity index (χ1) is 10.1. The van der Waals surface area contributed by atoms with E-state index >= 15 is 0 Å². The molecule has 21 heavy (non-hydrogen) atoms. The van der Waals surface area contributed by atoms with Gasteiger partial charge in [-0.15, -0.1) is 11.3 Å². The number of hydrogen-bond donors (Lipinski definition) is 2. The van der Waals surface area contributed by atoms with Crippen LogP contribution < -0.4 is 5.56 Å². The van der Waals surface area contributed by atoms with E-state index in [0.717, 1.165) is 0 Å². The number of thiophene rings is 1. The molecule has 0 amide bonds. The minimum absolute atomic E-state index is 0.0769. The SMILES string of the molecule is CC.Cc1c(C(=O)O)cnn1-c1nc2ccsc2c(=O)[nH]1. The molecule has 2 N–H and O–H groups in total. The van der Waals surface area contributed by atoms with Crippen molar-refractivity contribution in [2.24, 2.45) is 0 Å². The first kappa shape index (κ1) is 14.9. The Kier molecular flexibility index (Phi) is 4.18. The van der Waals surface area contributed by atoms with Gasteiger partial charge in [0.15, 0.2) is 0 Å². The zero-order chi connectivity index (χ0) is 15.6. The van der Waals surface area contributed by atoms with Gasteiger partial charge in [-0.1, -0.05) is 13.8 Å². The summed E-state index contributed by atoms with van der Waals surface area (Å²) in [6.45, 7) is 5.61. The number of nitrogens with zero attached hydrogens (tertiary/aromatic N) is 3. The summed E-state index contributed by atoms with van der Waals surface area (Å²) in [5, 5.41) is 14.7. The van der Waals surface area contributed by atoms with Crippen molar-refractivity contribution in [3.63, 3.8) is 0 Å². The Hall–Kier alpha value is -2.48. The molecule has 0 saturated carbocycles. The highest BCUT2D eigenvalue weighted by atomic mass is 32.1. The molecule has 3 aromatic heterocycles. The molecule has 8 heteroatoms. The Morgan fingerprint density at radius 3 is 2.76 bits per heavy atom. The van der Waals surface area contributed by atoms with Crippen molar-refractivity contribution in [1.29, 1.82) is 0 Å². The number of carboxylic acids is 1. The van der Waals surface area contributed by atoms with Gasteiger partial charge in [0.25, 0.3) is 5.56 Å². The summed E-state index contributed by atoms with van der Waals surface area (Å²) in [4.78, 5) is 29.7. The standard InChI is InChI=1S/C11H8N4O3S.C2H6/c1-5-6(10(17)18)4-12-15(5)11-13-7-2-3-19-8(7)9(16)14-11;1-2/h2-4H,1H3,(H,17,18)(H,13,14,16);1-2H3. The van der Waals surface area contributed by atoms with Gasteiger partial charge in [-0.25, -0.2) is 14.5 Å². The van der Waals surface area contributed by atoms with E-state index in [1.165, 1.54) is 22.2 Å². The number of hydrogen-bond acceptors (Lipinski definition) is 5. The van der Waals surface area contributed by atoms with Gasteiger partial charge >= 0.3 is 5.97 Å². The van der Waals surface area contributed by atoms with Crippen LogP contribution in [0.4, 0.5) is 0 Å². The number of fused-ring (bicyclic) bond motifs is 1. The summed E-state index contributed by atoms with van der Waals surface area (Å²) in [6, 6.07) is 1.73. The average Bonchev–Trinajstić information content (AvgIpc) is 3.07. The molecule has 0 bridgehead atoms. The molecule has 0 spiro atoms. The molecular formula is C13H14N4O3S. The fourth-order valence-electron chi connectivity index (χ4n) is 1.79. The van der Waals surface area contributed by atoms with E-state index in [-0.39, 0.29) is 17.1 Å². The lowest BCUT2D eigenvalue weighted by molar-refractivity contribution is 0.0696. The largest absolute Gasteiger partial charge is 0.478 e. The third kappa shape index (κ3) is 2.57. The van der Waals surface area contributed by atoms with Crippen LogP contribution in [0.1, 0.15) is 29.9 Å². The maximum Gasteiger partial charge on any atom is 0.339 e. The van der Waals surface area contributed by atoms with Crippen molar-refractivity contribution in [3.8, 4) is 5.95 Å². The monoisotopic (exact) mass is 306 g/mol. The molecule has 0 aliphatic rings. The molecule has 0 radical (unpaired) electrons. The minimum atomic E-state index is -1.07. The van der Waals surface area contributed by atoms with Crippen LogP contribution in [0.3, 0.4) is 0 Å². The molecule has 0 fully saturated rings. The van der Waals surface area contributed by atoms with Gasteiger partial charge in [0.2, 0.25) is 5.95 Å². The predicted octanol–water partition coefficient (Wildman–Crippen LogP) is 2.20. The first-order valence-electron chi connectivity index (χ1n) is 6.33. The van der Waals surface area contributed by atoms with Crippen LogP contribution in [0.5, 0.6) is 0 Å². The first-order valence-corrected chi connectivity index (χ1v) is 7.21. The second-order valence-corrected chi connectivity index (χ2v) is 4.80. The van der Waals surface area contributed by atoms with E-state index in [0.29, 0.717) is 15.9 Å². The number of carbonyl (C=O) groups is 1. The van der Waals surface area contributed by atoms with Gasteiger partial charge in [-0.05, 0) is 18.4 Å². The number of nitrogens with one attached hydrogen (secondary N) is 1. The van der Waals surface area contributed by atoms with Gasteiger partial charge in [0.05, 0.1) is 17.4 Å². The van der Waals surface area contributed by atoms with E-state index in [1.54, 1.807) is 18.4 Å². The highest BCUT2D eigenvalue weighted by Gasteiger charge is 2.16. The Morgan fingerprint density at radius 2 is 2.14 bits per heavy atom. The lowest BCUT2D eigenvalue weighted by atomic mass is 10.3. The van der Waals surface area contributed by atoms with Crippen LogP contribution >= 0.6 is 11.3 Å². The number of aromatic nitrogens is 4. The molecule has 3 rings (SSSR count). The molecule has 3 aromatic rings. The highest BCUT2D eigenvalue weighted by molar-refractivity contribution is 7.17. The summed E-state index contributed by atoms with van der Waals surface area (Å²) >= 11 is 1.30. The summed E-state index contributed by atoms with van der Waals surface area (Å²) in [6.07, 6.45) is 1.23. The van der Waals surface area contributed by atoms with E-state index < -0.39 is 5.97 Å². The lowest BCUT2D eigenvalue weighted by Gasteiger charge is -2.03. The molecule has 0 aliphatic heterocycles. The van der Waals surface area contributed by atoms with Crippen molar-refractivity contribution in [1.82, 2.24) is 19.7 Å². The molecular weight excluding hydrogens is 292 g/mol. The Morgan fingerprint density at radius 1 is 1.43 bits per heavy atom. The normalized spacial score (nSPS) is 10.2. The number of H-pyrrole nitrogens is 1. The van der Waals surface area contributed by atoms with Crippen molar-refractivity contribution < 1.29 is 9.90 Å². The van der Waals surface area contributed by atoms with Gasteiger partial charge in [-0.3, -0.25) is 9.78 Å². The Bertz CT molecular complexity index is 847. The number of rotatable bonds is 2. The second kappa shape index (κ2) is 5.88. The molecule has 0 saturated heterocycles. The fourth-order valence-corrected chi connectivity index (χ4v) is 2.52. The fraction of sp³-hybridized carbons (Fsp3) is 0.231. The Balaban J connectivity index is 0.000000774. The van der Waals surface area contributed by atoms with E-state index in [2.05, 4.69) is 15.1 Å². The molecule has 110 valence electrons. The van der Waals surface area contributed by atoms with Gasteiger partial charge in [0, 0.05) is 0 Å². The molecule has 7 nitrogen and oxygen atoms in total. The van der Waals surface area contributed by atoms with Crippen LogP contribution in [-0.2, 0) is 0 Å². The maximum absolute atomic E-state index is 11.8. The molecule has 0 unspecified atom stereocenters. The predicted molar refractivity (Wildman–Crippen MR) is 80.4 cm³/mol. The quantitative estimate of drug-likeness (QED) is 0.756. The van der Waals surface area contributed by atoms with Crippen LogP contribution in [-0.4, -0.2) is 30.8 Å². The Labute approximate surface area is 123 Å². The summed E-state index contributed by atoms with van der Waals surface area (Å²) < 4.78 is 1.84. The summed E-state index contributed by atoms with van der Waals surface area (Å²) in [7, 11) is 0. The smallest absolute Gasteiger partial charge is 0.339 e. The third-order valence-corrected chi connectivity index (χ3v) is 3.65. The summed E-state index contributed by atoms with van der Waals surface area (Å²) in [5.74, 6) is -0.858. The van der Waals surface area contributed by atoms with Crippen molar-refractivity contribution in [3.05, 3.63) is 39.3 Å². The topological polar surface area (TPSA) is 101 Å². The second-order valence-electron chi connectivity index (χ2n) is 3.89.